The van der Waals surface area contributed by atoms with Gasteiger partial charge >= 0.3 is 0 Å². The lowest BCUT2D eigenvalue weighted by Crippen LogP contribution is -2.27. The highest BCUT2D eigenvalue weighted by atomic mass is 35.5. The number of anilines is 2. The molecule has 0 radical (unpaired) electrons. The number of rotatable bonds is 4. The second kappa shape index (κ2) is 8.31. The number of carbonyl (C=O) groups excluding carboxylic acids is 2. The molecule has 4 rings (SSSR count). The summed E-state index contributed by atoms with van der Waals surface area (Å²) in [5, 5.41) is 3.30. The molecule has 1 atom stereocenters. The molecule has 1 fully saturated rings. The van der Waals surface area contributed by atoms with Crippen LogP contribution < -0.4 is 10.2 Å². The van der Waals surface area contributed by atoms with E-state index in [2.05, 4.69) is 5.32 Å². The van der Waals surface area contributed by atoms with E-state index < -0.39 is 0 Å². The van der Waals surface area contributed by atoms with Crippen molar-refractivity contribution < 1.29 is 9.59 Å². The number of hydrogen-bond donors (Lipinski definition) is 1. The van der Waals surface area contributed by atoms with Gasteiger partial charge in [-0.15, -0.1) is 11.8 Å². The molecule has 0 aromatic heterocycles. The van der Waals surface area contributed by atoms with Gasteiger partial charge in [0.05, 0.1) is 5.75 Å². The van der Waals surface area contributed by atoms with Crippen molar-refractivity contribution in [1.29, 1.82) is 0 Å². The van der Waals surface area contributed by atoms with Crippen LogP contribution in [0.2, 0.25) is 5.02 Å². The van der Waals surface area contributed by atoms with E-state index in [0.717, 1.165) is 16.8 Å². The maximum Gasteiger partial charge on any atom is 0.255 e. The third-order valence-corrected chi connectivity index (χ3v) is 6.14. The molecule has 1 saturated heterocycles. The average Bonchev–Trinajstić information content (AvgIpc) is 3.10. The third-order valence-electron chi connectivity index (χ3n) is 4.70. The molecule has 0 bridgehead atoms. The van der Waals surface area contributed by atoms with Gasteiger partial charge in [0.1, 0.15) is 5.37 Å². The molecule has 4 nitrogen and oxygen atoms in total. The number of nitrogens with zero attached hydrogens (tertiary/aromatic N) is 1. The van der Waals surface area contributed by atoms with E-state index in [0.29, 0.717) is 22.0 Å². The summed E-state index contributed by atoms with van der Waals surface area (Å²) in [4.78, 5) is 26.9. The molecule has 1 heterocycles. The molecule has 1 aliphatic heterocycles. The first kappa shape index (κ1) is 19.6. The van der Waals surface area contributed by atoms with Gasteiger partial charge in [-0.2, -0.15) is 0 Å². The van der Waals surface area contributed by atoms with Crippen LogP contribution in [0.25, 0.3) is 0 Å². The van der Waals surface area contributed by atoms with Crippen LogP contribution in [0, 0.1) is 6.92 Å². The number of halogens is 1. The molecule has 29 heavy (non-hydrogen) atoms. The number of thioether (sulfide) groups is 1. The van der Waals surface area contributed by atoms with Crippen molar-refractivity contribution in [3.63, 3.8) is 0 Å². The Labute approximate surface area is 178 Å². The van der Waals surface area contributed by atoms with Gasteiger partial charge in [0, 0.05) is 22.0 Å². The summed E-state index contributed by atoms with van der Waals surface area (Å²) in [6.45, 7) is 2.02. The lowest BCUT2D eigenvalue weighted by molar-refractivity contribution is -0.115. The largest absolute Gasteiger partial charge is 0.322 e. The summed E-state index contributed by atoms with van der Waals surface area (Å²) in [5.41, 5.74) is 4.16. The van der Waals surface area contributed by atoms with Gasteiger partial charge in [-0.05, 0) is 55.0 Å². The van der Waals surface area contributed by atoms with Gasteiger partial charge < -0.3 is 5.32 Å². The van der Waals surface area contributed by atoms with Crippen LogP contribution in [0.5, 0.6) is 0 Å². The maximum atomic E-state index is 12.5. The van der Waals surface area contributed by atoms with Crippen LogP contribution in [0.3, 0.4) is 0 Å². The fourth-order valence-electron chi connectivity index (χ4n) is 3.26. The second-order valence-electron chi connectivity index (χ2n) is 6.85. The first-order valence-electron chi connectivity index (χ1n) is 9.18. The predicted octanol–water partition coefficient (Wildman–Crippen LogP) is 5.68. The summed E-state index contributed by atoms with van der Waals surface area (Å²) < 4.78 is 0. The molecular formula is C23H19ClN2O2S. The fraction of sp³-hybridized carbons (Fsp3) is 0.130. The van der Waals surface area contributed by atoms with Gasteiger partial charge in [0.2, 0.25) is 5.91 Å². The van der Waals surface area contributed by atoms with Gasteiger partial charge in [0.15, 0.2) is 0 Å². The molecular weight excluding hydrogens is 404 g/mol. The number of hydrogen-bond acceptors (Lipinski definition) is 3. The van der Waals surface area contributed by atoms with Crippen LogP contribution in [-0.2, 0) is 4.79 Å². The first-order valence-corrected chi connectivity index (χ1v) is 10.6. The Hall–Kier alpha value is -2.76. The van der Waals surface area contributed by atoms with Gasteiger partial charge in [-0.25, -0.2) is 0 Å². The average molecular weight is 423 g/mol. The highest BCUT2D eigenvalue weighted by Gasteiger charge is 2.34. The number of benzene rings is 3. The molecule has 146 valence electrons. The molecule has 1 aliphatic rings. The molecule has 0 unspecified atom stereocenters. The fourth-order valence-corrected chi connectivity index (χ4v) is 4.62. The summed E-state index contributed by atoms with van der Waals surface area (Å²) in [6, 6.07) is 22.4. The molecule has 6 heteroatoms. The van der Waals surface area contributed by atoms with Crippen molar-refractivity contribution in [2.24, 2.45) is 0 Å². The summed E-state index contributed by atoms with van der Waals surface area (Å²) in [5.74, 6) is 0.282. The Kier molecular flexibility index (Phi) is 5.60. The minimum atomic E-state index is -0.227. The SMILES string of the molecule is Cc1ccc(N2C(=O)CS[C@@H]2c2cccc(NC(=O)c3cccc(Cl)c3)c2)cc1. The maximum absolute atomic E-state index is 12.5. The van der Waals surface area contributed by atoms with Crippen LogP contribution in [-0.4, -0.2) is 17.6 Å². The van der Waals surface area contributed by atoms with Crippen LogP contribution in [0.4, 0.5) is 11.4 Å². The van der Waals surface area contributed by atoms with Crippen molar-refractivity contribution in [1.82, 2.24) is 0 Å². The number of carbonyl (C=O) groups is 2. The lowest BCUT2D eigenvalue weighted by Gasteiger charge is -2.25. The summed E-state index contributed by atoms with van der Waals surface area (Å²) >= 11 is 7.56. The first-order chi connectivity index (χ1) is 14.0. The van der Waals surface area contributed by atoms with E-state index in [4.69, 9.17) is 11.6 Å². The summed E-state index contributed by atoms with van der Waals surface area (Å²) in [7, 11) is 0. The Morgan fingerprint density at radius 1 is 1.07 bits per heavy atom. The van der Waals surface area contributed by atoms with Crippen molar-refractivity contribution >= 4 is 46.6 Å². The molecule has 0 aliphatic carbocycles. The van der Waals surface area contributed by atoms with Crippen molar-refractivity contribution in [2.45, 2.75) is 12.3 Å². The van der Waals surface area contributed by atoms with E-state index in [1.165, 1.54) is 0 Å². The highest BCUT2D eigenvalue weighted by molar-refractivity contribution is 8.00. The van der Waals surface area contributed by atoms with Crippen molar-refractivity contribution in [3.05, 3.63) is 94.5 Å². The summed E-state index contributed by atoms with van der Waals surface area (Å²) in [6.07, 6.45) is 0. The standard InChI is InChI=1S/C23H19ClN2O2S/c1-15-8-10-20(11-9-15)26-21(27)14-29-23(26)17-5-3-7-19(13-17)25-22(28)16-4-2-6-18(24)12-16/h2-13,23H,14H2,1H3,(H,25,28)/t23-/m1/s1. The Bertz CT molecular complexity index is 1070. The van der Waals surface area contributed by atoms with E-state index in [1.807, 2.05) is 60.4 Å². The van der Waals surface area contributed by atoms with E-state index in [1.54, 1.807) is 36.0 Å². The van der Waals surface area contributed by atoms with E-state index in [-0.39, 0.29) is 17.2 Å². The Morgan fingerprint density at radius 3 is 2.59 bits per heavy atom. The molecule has 3 aromatic rings. The van der Waals surface area contributed by atoms with Crippen molar-refractivity contribution in [2.75, 3.05) is 16.0 Å². The molecule has 3 aromatic carbocycles. The minimum Gasteiger partial charge on any atom is -0.322 e. The highest BCUT2D eigenvalue weighted by Crippen LogP contribution is 2.42. The monoisotopic (exact) mass is 422 g/mol. The van der Waals surface area contributed by atoms with E-state index >= 15 is 0 Å². The van der Waals surface area contributed by atoms with E-state index in [9.17, 15) is 9.59 Å². The third kappa shape index (κ3) is 4.31. The minimum absolute atomic E-state index is 0.0808. The second-order valence-corrected chi connectivity index (χ2v) is 8.36. The zero-order chi connectivity index (χ0) is 20.4. The quantitative estimate of drug-likeness (QED) is 0.588. The zero-order valence-corrected chi connectivity index (χ0v) is 17.3. The molecule has 2 amide bonds. The Morgan fingerprint density at radius 2 is 1.83 bits per heavy atom. The molecule has 1 N–H and O–H groups in total. The van der Waals surface area contributed by atoms with Crippen LogP contribution in [0.15, 0.2) is 72.8 Å². The smallest absolute Gasteiger partial charge is 0.255 e. The van der Waals surface area contributed by atoms with Gasteiger partial charge in [-0.3, -0.25) is 14.5 Å². The number of nitrogens with one attached hydrogen (secondary N) is 1. The lowest BCUT2D eigenvalue weighted by atomic mass is 10.1. The topological polar surface area (TPSA) is 49.4 Å². The number of aryl methyl sites for hydroxylation is 1. The van der Waals surface area contributed by atoms with Gasteiger partial charge in [-0.1, -0.05) is 47.5 Å². The predicted molar refractivity (Wildman–Crippen MR) is 120 cm³/mol. The molecule has 0 saturated carbocycles. The van der Waals surface area contributed by atoms with Crippen LogP contribution in [0.1, 0.15) is 26.9 Å². The molecule has 0 spiro atoms. The number of amides is 2. The Balaban J connectivity index is 1.58. The van der Waals surface area contributed by atoms with Gasteiger partial charge in [0.25, 0.3) is 5.91 Å². The van der Waals surface area contributed by atoms with Crippen LogP contribution >= 0.6 is 23.4 Å². The van der Waals surface area contributed by atoms with Crippen molar-refractivity contribution in [3.8, 4) is 0 Å². The normalized spacial score (nSPS) is 16.1. The zero-order valence-electron chi connectivity index (χ0n) is 15.8.